The molecule has 0 atom stereocenters. The minimum absolute atomic E-state index is 0.556. The molecule has 3 aromatic heterocycles. The van der Waals surface area contributed by atoms with Gasteiger partial charge in [-0.1, -0.05) is 41.2 Å². The van der Waals surface area contributed by atoms with E-state index < -0.39 is 0 Å². The predicted octanol–water partition coefficient (Wildman–Crippen LogP) is 5.14. The zero-order valence-electron chi connectivity index (χ0n) is 16.5. The van der Waals surface area contributed by atoms with Crippen LogP contribution >= 0.6 is 11.8 Å². The maximum absolute atomic E-state index is 5.27. The second-order valence-electron chi connectivity index (χ2n) is 6.61. The number of rotatable bonds is 6. The highest BCUT2D eigenvalue weighted by Gasteiger charge is 2.15. The Labute approximate surface area is 182 Å². The molecule has 8 heteroatoms. The quantitative estimate of drug-likeness (QED) is 0.371. The van der Waals surface area contributed by atoms with Crippen LogP contribution in [0.1, 0.15) is 0 Å². The Hall–Kier alpha value is -3.91. The van der Waals surface area contributed by atoms with Crippen molar-refractivity contribution in [2.24, 2.45) is 0 Å². The van der Waals surface area contributed by atoms with Crippen LogP contribution in [0.2, 0.25) is 0 Å². The fourth-order valence-corrected chi connectivity index (χ4v) is 4.03. The zero-order chi connectivity index (χ0) is 21.0. The minimum Gasteiger partial charge on any atom is -0.497 e. The lowest BCUT2D eigenvalue weighted by Crippen LogP contribution is -1.95. The highest BCUT2D eigenvalue weighted by atomic mass is 32.2. The average molecular weight is 427 g/mol. The zero-order valence-corrected chi connectivity index (χ0v) is 17.4. The van der Waals surface area contributed by atoms with Gasteiger partial charge in [-0.3, -0.25) is 4.98 Å². The van der Waals surface area contributed by atoms with Crippen LogP contribution in [0.15, 0.2) is 100.0 Å². The van der Waals surface area contributed by atoms with Crippen molar-refractivity contribution in [3.05, 3.63) is 85.6 Å². The van der Waals surface area contributed by atoms with Gasteiger partial charge in [-0.2, -0.15) is 10.1 Å². The highest BCUT2D eigenvalue weighted by Crippen LogP contribution is 2.37. The smallest absolute Gasteiger partial charge is 0.214 e. The summed E-state index contributed by atoms with van der Waals surface area (Å²) < 4.78 is 12.0. The molecular weight excluding hydrogens is 410 g/mol. The van der Waals surface area contributed by atoms with Crippen molar-refractivity contribution in [1.29, 1.82) is 0 Å². The number of methoxy groups -OCH3 is 1. The molecule has 0 N–H and O–H groups in total. The van der Waals surface area contributed by atoms with Gasteiger partial charge < -0.3 is 9.26 Å². The molecule has 2 aromatic carbocycles. The lowest BCUT2D eigenvalue weighted by atomic mass is 10.1. The molecule has 0 saturated heterocycles. The van der Waals surface area contributed by atoms with Gasteiger partial charge >= 0.3 is 0 Å². The summed E-state index contributed by atoms with van der Waals surface area (Å²) in [5.41, 5.74) is 3.65. The molecule has 7 nitrogen and oxygen atoms in total. The van der Waals surface area contributed by atoms with Crippen molar-refractivity contribution < 1.29 is 9.26 Å². The molecule has 5 rings (SSSR count). The van der Waals surface area contributed by atoms with Crippen molar-refractivity contribution in [3.63, 3.8) is 0 Å². The summed E-state index contributed by atoms with van der Waals surface area (Å²) >= 11 is 1.65. The molecule has 0 aliphatic rings. The standard InChI is InChI=1S/C23H17N5O2S/c1-29-19-8-10-20(11-9-19)31-21-14-28(18-3-2-12-24-13-18)26-22(21)16-4-6-17(7-5-16)23-25-15-30-27-23/h2-15H,1H3. The average Bonchev–Trinajstić information content (AvgIpc) is 3.51. The van der Waals surface area contributed by atoms with Gasteiger partial charge in [0.2, 0.25) is 12.2 Å². The number of hydrogen-bond donors (Lipinski definition) is 0. The first-order valence-electron chi connectivity index (χ1n) is 9.49. The van der Waals surface area contributed by atoms with E-state index in [0.29, 0.717) is 5.82 Å². The molecule has 3 heterocycles. The van der Waals surface area contributed by atoms with Gasteiger partial charge in [-0.25, -0.2) is 4.68 Å². The van der Waals surface area contributed by atoms with E-state index in [9.17, 15) is 0 Å². The van der Waals surface area contributed by atoms with E-state index in [-0.39, 0.29) is 0 Å². The van der Waals surface area contributed by atoms with E-state index in [0.717, 1.165) is 38.0 Å². The third kappa shape index (κ3) is 4.06. The lowest BCUT2D eigenvalue weighted by molar-refractivity contribution is 0.414. The molecule has 0 aliphatic carbocycles. The Morgan fingerprint density at radius 1 is 0.968 bits per heavy atom. The van der Waals surface area contributed by atoms with Crippen molar-refractivity contribution in [2.45, 2.75) is 9.79 Å². The normalized spacial score (nSPS) is 10.9. The largest absolute Gasteiger partial charge is 0.497 e. The summed E-state index contributed by atoms with van der Waals surface area (Å²) in [6.07, 6.45) is 6.88. The number of pyridine rings is 1. The van der Waals surface area contributed by atoms with E-state index in [2.05, 4.69) is 15.1 Å². The van der Waals surface area contributed by atoms with Gasteiger partial charge in [0.15, 0.2) is 0 Å². The van der Waals surface area contributed by atoms with Crippen LogP contribution < -0.4 is 4.74 Å². The summed E-state index contributed by atoms with van der Waals surface area (Å²) in [5, 5.41) is 8.75. The first-order valence-corrected chi connectivity index (χ1v) is 10.3. The van der Waals surface area contributed by atoms with Crippen LogP contribution in [-0.2, 0) is 0 Å². The Morgan fingerprint density at radius 2 is 1.77 bits per heavy atom. The predicted molar refractivity (Wildman–Crippen MR) is 117 cm³/mol. The first-order chi connectivity index (χ1) is 15.3. The van der Waals surface area contributed by atoms with Gasteiger partial charge in [0.1, 0.15) is 11.4 Å². The number of aromatic nitrogens is 5. The second-order valence-corrected chi connectivity index (χ2v) is 7.72. The lowest BCUT2D eigenvalue weighted by Gasteiger charge is -2.05. The summed E-state index contributed by atoms with van der Waals surface area (Å²) in [7, 11) is 1.66. The summed E-state index contributed by atoms with van der Waals surface area (Å²) in [6, 6.07) is 19.8. The highest BCUT2D eigenvalue weighted by molar-refractivity contribution is 7.99. The number of ether oxygens (including phenoxy) is 1. The molecule has 0 bridgehead atoms. The topological polar surface area (TPSA) is 78.9 Å². The van der Waals surface area contributed by atoms with Crippen LogP contribution in [0.3, 0.4) is 0 Å². The number of benzene rings is 2. The number of hydrogen-bond acceptors (Lipinski definition) is 7. The van der Waals surface area contributed by atoms with E-state index in [1.165, 1.54) is 6.39 Å². The van der Waals surface area contributed by atoms with Gasteiger partial charge in [0.05, 0.1) is 23.9 Å². The van der Waals surface area contributed by atoms with Gasteiger partial charge in [-0.05, 0) is 36.4 Å². The Morgan fingerprint density at radius 3 is 2.45 bits per heavy atom. The monoisotopic (exact) mass is 427 g/mol. The molecule has 0 unspecified atom stereocenters. The van der Waals surface area contributed by atoms with Crippen LogP contribution in [-0.4, -0.2) is 32.0 Å². The van der Waals surface area contributed by atoms with Crippen molar-refractivity contribution >= 4 is 11.8 Å². The molecule has 0 amide bonds. The number of nitrogens with zero attached hydrogens (tertiary/aromatic N) is 5. The molecule has 0 saturated carbocycles. The minimum atomic E-state index is 0.556. The maximum atomic E-state index is 5.27. The summed E-state index contributed by atoms with van der Waals surface area (Å²) in [4.78, 5) is 10.4. The summed E-state index contributed by atoms with van der Waals surface area (Å²) in [5.74, 6) is 1.38. The van der Waals surface area contributed by atoms with E-state index in [1.807, 2.05) is 71.5 Å². The van der Waals surface area contributed by atoms with Crippen LogP contribution in [0, 0.1) is 0 Å². The molecule has 0 aliphatic heterocycles. The van der Waals surface area contributed by atoms with Gasteiger partial charge in [0, 0.05) is 28.4 Å². The van der Waals surface area contributed by atoms with Gasteiger partial charge in [-0.15, -0.1) is 0 Å². The second kappa shape index (κ2) is 8.45. The SMILES string of the molecule is COc1ccc(Sc2cn(-c3cccnc3)nc2-c2ccc(-c3ncon3)cc2)cc1. The molecule has 0 spiro atoms. The fourth-order valence-electron chi connectivity index (χ4n) is 3.10. The molecule has 0 fully saturated rings. The maximum Gasteiger partial charge on any atom is 0.214 e. The van der Waals surface area contributed by atoms with Crippen molar-refractivity contribution in [2.75, 3.05) is 7.11 Å². The summed E-state index contributed by atoms with van der Waals surface area (Å²) in [6.45, 7) is 0. The Kier molecular flexibility index (Phi) is 5.20. The molecule has 0 radical (unpaired) electrons. The molecule has 152 valence electrons. The van der Waals surface area contributed by atoms with E-state index in [1.54, 1.807) is 31.3 Å². The van der Waals surface area contributed by atoms with Gasteiger partial charge in [0.25, 0.3) is 0 Å². The Balaban J connectivity index is 1.53. The fraction of sp³-hybridized carbons (Fsp3) is 0.0435. The van der Waals surface area contributed by atoms with Crippen molar-refractivity contribution in [3.8, 4) is 34.1 Å². The molecule has 31 heavy (non-hydrogen) atoms. The van der Waals surface area contributed by atoms with Crippen LogP contribution in [0.5, 0.6) is 5.75 Å². The van der Waals surface area contributed by atoms with Crippen molar-refractivity contribution in [1.82, 2.24) is 24.9 Å². The van der Waals surface area contributed by atoms with E-state index in [4.69, 9.17) is 14.4 Å². The third-order valence-electron chi connectivity index (χ3n) is 4.66. The first kappa shape index (κ1) is 19.1. The van der Waals surface area contributed by atoms with Crippen LogP contribution in [0.25, 0.3) is 28.3 Å². The van der Waals surface area contributed by atoms with E-state index >= 15 is 0 Å². The third-order valence-corrected chi connectivity index (χ3v) is 5.68. The molecular formula is C23H17N5O2S. The van der Waals surface area contributed by atoms with Crippen LogP contribution in [0.4, 0.5) is 0 Å². The molecule has 5 aromatic rings. The Bertz CT molecular complexity index is 1270.